The van der Waals surface area contributed by atoms with Gasteiger partial charge in [0, 0.05) is 17.3 Å². The number of nitrogens with one attached hydrogen (secondary N) is 2. The first kappa shape index (κ1) is 25.2. The molecule has 0 aliphatic carbocycles. The number of carbonyl (C=O) groups is 3. The number of ketones is 1. The fourth-order valence-corrected chi connectivity index (χ4v) is 3.86. The summed E-state index contributed by atoms with van der Waals surface area (Å²) in [5, 5.41) is 15.8. The number of hydrogen-bond donors (Lipinski definition) is 3. The van der Waals surface area contributed by atoms with Gasteiger partial charge in [-0.05, 0) is 61.9 Å². The second-order valence-corrected chi connectivity index (χ2v) is 8.17. The van der Waals surface area contributed by atoms with Crippen LogP contribution in [0, 0.1) is 5.82 Å². The highest BCUT2D eigenvalue weighted by molar-refractivity contribution is 6.30. The first-order valence-electron chi connectivity index (χ1n) is 10.6. The number of aliphatic carboxylic acids is 1. The molecule has 0 saturated heterocycles. The van der Waals surface area contributed by atoms with E-state index in [2.05, 4.69) is 10.6 Å². The zero-order valence-electron chi connectivity index (χ0n) is 18.5. The fraction of sp³-hybridized carbons (Fsp3) is 0.292. The van der Waals surface area contributed by atoms with Crippen LogP contribution in [0.5, 0.6) is 5.75 Å². The highest BCUT2D eigenvalue weighted by atomic mass is 35.5. The Morgan fingerprint density at radius 2 is 1.97 bits per heavy atom. The molecule has 3 N–H and O–H groups in total. The minimum absolute atomic E-state index is 0.0600. The third-order valence-corrected chi connectivity index (χ3v) is 5.46. The molecular formula is C24H25ClFN3O5. The van der Waals surface area contributed by atoms with Crippen molar-refractivity contribution in [3.63, 3.8) is 0 Å². The van der Waals surface area contributed by atoms with Gasteiger partial charge in [0.05, 0.1) is 18.2 Å². The maximum atomic E-state index is 12.9. The molecule has 0 spiro atoms. The Kier molecular flexibility index (Phi) is 8.61. The summed E-state index contributed by atoms with van der Waals surface area (Å²) >= 11 is 6.11. The van der Waals surface area contributed by atoms with Gasteiger partial charge in [0.25, 0.3) is 0 Å². The Labute approximate surface area is 201 Å². The van der Waals surface area contributed by atoms with E-state index in [0.29, 0.717) is 29.3 Å². The van der Waals surface area contributed by atoms with Crippen LogP contribution < -0.4 is 15.4 Å². The molecule has 2 aromatic rings. The quantitative estimate of drug-likeness (QED) is 0.417. The molecule has 34 heavy (non-hydrogen) atoms. The van der Waals surface area contributed by atoms with Crippen molar-refractivity contribution in [2.24, 2.45) is 0 Å². The lowest BCUT2D eigenvalue weighted by Crippen LogP contribution is -2.49. The minimum Gasteiger partial charge on any atom is -0.486 e. The molecule has 1 aliphatic heterocycles. The van der Waals surface area contributed by atoms with E-state index in [9.17, 15) is 23.9 Å². The van der Waals surface area contributed by atoms with Crippen molar-refractivity contribution >= 4 is 29.4 Å². The van der Waals surface area contributed by atoms with E-state index < -0.39 is 18.0 Å². The van der Waals surface area contributed by atoms with Crippen molar-refractivity contribution in [2.45, 2.75) is 19.4 Å². The van der Waals surface area contributed by atoms with Gasteiger partial charge in [-0.15, -0.1) is 0 Å². The number of amides is 2. The number of Topliss-reactive ketones (excluding diaryl/α,β-unsaturated/α-hetero) is 1. The van der Waals surface area contributed by atoms with E-state index in [-0.39, 0.29) is 42.6 Å². The lowest BCUT2D eigenvalue weighted by molar-refractivity contribution is -0.133. The lowest BCUT2D eigenvalue weighted by Gasteiger charge is -2.37. The van der Waals surface area contributed by atoms with Crippen molar-refractivity contribution in [1.82, 2.24) is 15.5 Å². The summed E-state index contributed by atoms with van der Waals surface area (Å²) in [5.74, 6) is -1.31. The molecule has 1 unspecified atom stereocenters. The van der Waals surface area contributed by atoms with E-state index in [1.54, 1.807) is 31.2 Å². The van der Waals surface area contributed by atoms with Gasteiger partial charge in [-0.25, -0.2) is 14.0 Å². The molecule has 0 saturated carbocycles. The zero-order valence-corrected chi connectivity index (χ0v) is 19.3. The third kappa shape index (κ3) is 6.55. The van der Waals surface area contributed by atoms with Crippen molar-refractivity contribution in [3.05, 3.63) is 76.2 Å². The summed E-state index contributed by atoms with van der Waals surface area (Å²) in [4.78, 5) is 38.1. The number of hydrogen-bond acceptors (Lipinski definition) is 5. The second-order valence-electron chi connectivity index (χ2n) is 7.74. The van der Waals surface area contributed by atoms with E-state index in [1.165, 1.54) is 29.2 Å². The molecule has 2 aromatic carbocycles. The molecule has 0 radical (unpaired) electrons. The first-order chi connectivity index (χ1) is 16.3. The summed E-state index contributed by atoms with van der Waals surface area (Å²) in [7, 11) is 0. The van der Waals surface area contributed by atoms with Gasteiger partial charge in [0.2, 0.25) is 0 Å². The van der Waals surface area contributed by atoms with E-state index in [0.717, 1.165) is 0 Å². The molecule has 0 aromatic heterocycles. The standard InChI is InChI=1S/C24H25ClFN3O5/c1-15-21(23(31)32)22(16-4-2-5-17(25)12-16)29(24(33)28-15)11-3-10-27-13-19(30)14-34-20-8-6-18(26)7-9-20/h2,4-9,12,22,27H,3,10-11,13-14H2,1H3,(H,28,33)(H,31,32). The zero-order chi connectivity index (χ0) is 24.7. The number of allylic oxidation sites excluding steroid dienone is 1. The highest BCUT2D eigenvalue weighted by Gasteiger charge is 2.37. The number of carboxylic acid groups (broad SMARTS) is 1. The maximum absolute atomic E-state index is 12.9. The Bertz CT molecular complexity index is 1090. The maximum Gasteiger partial charge on any atom is 0.335 e. The van der Waals surface area contributed by atoms with Gasteiger partial charge in [-0.3, -0.25) is 4.79 Å². The highest BCUT2D eigenvalue weighted by Crippen LogP contribution is 2.34. The van der Waals surface area contributed by atoms with Crippen LogP contribution in [-0.2, 0) is 9.59 Å². The number of halogens is 2. The second kappa shape index (κ2) is 11.6. The SMILES string of the molecule is CC1=C(C(=O)O)C(c2cccc(Cl)c2)N(CCCNCC(=O)COc2ccc(F)cc2)C(=O)N1. The van der Waals surface area contributed by atoms with Crippen LogP contribution in [0.3, 0.4) is 0 Å². The molecule has 0 bridgehead atoms. The van der Waals surface area contributed by atoms with Crippen LogP contribution in [-0.4, -0.2) is 54.0 Å². The molecule has 2 amide bonds. The Hall–Kier alpha value is -3.43. The van der Waals surface area contributed by atoms with Gasteiger partial charge in [-0.1, -0.05) is 23.7 Å². The molecule has 180 valence electrons. The van der Waals surface area contributed by atoms with Gasteiger partial charge < -0.3 is 25.4 Å². The van der Waals surface area contributed by atoms with Gasteiger partial charge >= 0.3 is 12.0 Å². The Morgan fingerprint density at radius 3 is 2.65 bits per heavy atom. The number of nitrogens with zero attached hydrogens (tertiary/aromatic N) is 1. The normalized spacial score (nSPS) is 15.8. The van der Waals surface area contributed by atoms with E-state index >= 15 is 0 Å². The fourth-order valence-electron chi connectivity index (χ4n) is 3.66. The molecule has 3 rings (SSSR count). The number of urea groups is 1. The van der Waals surface area contributed by atoms with Crippen molar-refractivity contribution in [1.29, 1.82) is 0 Å². The molecule has 8 nitrogen and oxygen atoms in total. The third-order valence-electron chi connectivity index (χ3n) is 5.23. The molecular weight excluding hydrogens is 465 g/mol. The summed E-state index contributed by atoms with van der Waals surface area (Å²) in [5.41, 5.74) is 0.951. The monoisotopic (exact) mass is 489 g/mol. The van der Waals surface area contributed by atoms with Crippen LogP contribution in [0.25, 0.3) is 0 Å². The van der Waals surface area contributed by atoms with Gasteiger partial charge in [0.15, 0.2) is 5.78 Å². The van der Waals surface area contributed by atoms with Crippen LogP contribution in [0.4, 0.5) is 9.18 Å². The lowest BCUT2D eigenvalue weighted by atomic mass is 9.93. The largest absolute Gasteiger partial charge is 0.486 e. The van der Waals surface area contributed by atoms with Gasteiger partial charge in [-0.2, -0.15) is 0 Å². The number of rotatable bonds is 11. The van der Waals surface area contributed by atoms with Crippen LogP contribution in [0.15, 0.2) is 59.8 Å². The minimum atomic E-state index is -1.13. The van der Waals surface area contributed by atoms with Crippen molar-refractivity contribution < 1.29 is 28.6 Å². The first-order valence-corrected chi connectivity index (χ1v) is 11.0. The summed E-state index contributed by atoms with van der Waals surface area (Å²) < 4.78 is 18.2. The molecule has 0 fully saturated rings. The molecule has 1 heterocycles. The molecule has 1 atom stereocenters. The summed E-state index contributed by atoms with van der Waals surface area (Å²) in [6.45, 7) is 2.12. The van der Waals surface area contributed by atoms with Gasteiger partial charge in [0.1, 0.15) is 18.2 Å². The summed E-state index contributed by atoms with van der Waals surface area (Å²) in [6.07, 6.45) is 0.475. The predicted octanol–water partition coefficient (Wildman–Crippen LogP) is 3.53. The van der Waals surface area contributed by atoms with Crippen molar-refractivity contribution in [3.8, 4) is 5.75 Å². The molecule has 1 aliphatic rings. The average Bonchev–Trinajstić information content (AvgIpc) is 2.79. The Morgan fingerprint density at radius 1 is 1.24 bits per heavy atom. The number of carbonyl (C=O) groups excluding carboxylic acids is 2. The van der Waals surface area contributed by atoms with Crippen LogP contribution in [0.2, 0.25) is 5.02 Å². The van der Waals surface area contributed by atoms with E-state index in [1.807, 2.05) is 0 Å². The summed E-state index contributed by atoms with van der Waals surface area (Å²) in [6, 6.07) is 10.9. The topological polar surface area (TPSA) is 108 Å². The van der Waals surface area contributed by atoms with Crippen LogP contribution >= 0.6 is 11.6 Å². The number of benzene rings is 2. The van der Waals surface area contributed by atoms with Crippen LogP contribution in [0.1, 0.15) is 24.9 Å². The van der Waals surface area contributed by atoms with Crippen molar-refractivity contribution in [2.75, 3.05) is 26.2 Å². The van der Waals surface area contributed by atoms with E-state index in [4.69, 9.17) is 16.3 Å². The number of ether oxygens (including phenoxy) is 1. The molecule has 10 heteroatoms. The predicted molar refractivity (Wildman–Crippen MR) is 124 cm³/mol. The smallest absolute Gasteiger partial charge is 0.335 e. The average molecular weight is 490 g/mol. The number of carboxylic acids is 1. The Balaban J connectivity index is 1.55.